The van der Waals surface area contributed by atoms with Crippen LogP contribution in [-0.4, -0.2) is 12.1 Å². The van der Waals surface area contributed by atoms with Gasteiger partial charge < -0.3 is 4.74 Å². The highest BCUT2D eigenvalue weighted by molar-refractivity contribution is 5.63. The standard InChI is InChI=1S/C15H16FNO/c1-10(2)11-5-4-6-12(7-11)13-8-14(16)15(18-3)17-9-13/h4-10H,1-3H3. The number of pyridine rings is 1. The molecule has 0 radical (unpaired) electrons. The van der Waals surface area contributed by atoms with E-state index in [1.165, 1.54) is 18.7 Å². The molecule has 1 heterocycles. The normalized spacial score (nSPS) is 10.7. The van der Waals surface area contributed by atoms with Gasteiger partial charge >= 0.3 is 0 Å². The van der Waals surface area contributed by atoms with Crippen molar-refractivity contribution in [1.29, 1.82) is 0 Å². The first kappa shape index (κ1) is 12.6. The van der Waals surface area contributed by atoms with Crippen molar-refractivity contribution in [3.8, 4) is 17.0 Å². The number of halogens is 1. The van der Waals surface area contributed by atoms with Gasteiger partial charge in [0.25, 0.3) is 0 Å². The zero-order valence-electron chi connectivity index (χ0n) is 10.8. The van der Waals surface area contributed by atoms with Crippen LogP contribution < -0.4 is 4.74 Å². The molecule has 0 spiro atoms. The molecule has 0 aliphatic heterocycles. The number of nitrogens with zero attached hydrogens (tertiary/aromatic N) is 1. The first-order valence-corrected chi connectivity index (χ1v) is 5.91. The lowest BCUT2D eigenvalue weighted by molar-refractivity contribution is 0.369. The summed E-state index contributed by atoms with van der Waals surface area (Å²) < 4.78 is 18.4. The minimum Gasteiger partial charge on any atom is -0.479 e. The Bertz CT molecular complexity index is 552. The SMILES string of the molecule is COc1ncc(-c2cccc(C(C)C)c2)cc1F. The van der Waals surface area contributed by atoms with Crippen LogP contribution in [0.5, 0.6) is 5.88 Å². The van der Waals surface area contributed by atoms with E-state index in [9.17, 15) is 4.39 Å². The van der Waals surface area contributed by atoms with Gasteiger partial charge in [-0.15, -0.1) is 0 Å². The Morgan fingerprint density at radius 2 is 1.94 bits per heavy atom. The Morgan fingerprint density at radius 3 is 2.56 bits per heavy atom. The third kappa shape index (κ3) is 2.50. The van der Waals surface area contributed by atoms with Gasteiger partial charge in [0, 0.05) is 11.8 Å². The van der Waals surface area contributed by atoms with Crippen molar-refractivity contribution in [2.45, 2.75) is 19.8 Å². The van der Waals surface area contributed by atoms with Crippen LogP contribution in [0, 0.1) is 5.82 Å². The topological polar surface area (TPSA) is 22.1 Å². The van der Waals surface area contributed by atoms with E-state index in [4.69, 9.17) is 4.74 Å². The first-order valence-electron chi connectivity index (χ1n) is 5.91. The molecule has 18 heavy (non-hydrogen) atoms. The summed E-state index contributed by atoms with van der Waals surface area (Å²) in [6.45, 7) is 4.26. The van der Waals surface area contributed by atoms with E-state index in [-0.39, 0.29) is 5.88 Å². The molecule has 0 amide bonds. The van der Waals surface area contributed by atoms with Crippen LogP contribution in [0.3, 0.4) is 0 Å². The molecule has 0 fully saturated rings. The molecule has 1 aromatic heterocycles. The molecule has 3 heteroatoms. The molecule has 0 unspecified atom stereocenters. The van der Waals surface area contributed by atoms with Crippen molar-refractivity contribution in [2.24, 2.45) is 0 Å². The quantitative estimate of drug-likeness (QED) is 0.814. The molecule has 0 N–H and O–H groups in total. The third-order valence-electron chi connectivity index (χ3n) is 2.89. The highest BCUT2D eigenvalue weighted by Crippen LogP contribution is 2.26. The monoisotopic (exact) mass is 245 g/mol. The Balaban J connectivity index is 2.42. The smallest absolute Gasteiger partial charge is 0.250 e. The lowest BCUT2D eigenvalue weighted by Crippen LogP contribution is -1.93. The van der Waals surface area contributed by atoms with Gasteiger partial charge in [0.05, 0.1) is 7.11 Å². The summed E-state index contributed by atoms with van der Waals surface area (Å²) in [6, 6.07) is 9.52. The van der Waals surface area contributed by atoms with Crippen molar-refractivity contribution in [3.05, 3.63) is 47.9 Å². The summed E-state index contributed by atoms with van der Waals surface area (Å²) in [5.41, 5.74) is 2.95. The molecular weight excluding hydrogens is 229 g/mol. The molecule has 1 aromatic carbocycles. The molecule has 94 valence electrons. The molecule has 2 nitrogen and oxygen atoms in total. The van der Waals surface area contributed by atoms with Gasteiger partial charge in [0.2, 0.25) is 5.88 Å². The molecular formula is C15H16FNO. The van der Waals surface area contributed by atoms with Crippen LogP contribution >= 0.6 is 0 Å². The fourth-order valence-electron chi connectivity index (χ4n) is 1.81. The Labute approximate surface area is 106 Å². The average Bonchev–Trinajstić information content (AvgIpc) is 2.38. The average molecular weight is 245 g/mol. The minimum absolute atomic E-state index is 0.0266. The molecule has 2 rings (SSSR count). The molecule has 0 atom stereocenters. The summed E-state index contributed by atoms with van der Waals surface area (Å²) in [7, 11) is 1.41. The van der Waals surface area contributed by atoms with Gasteiger partial charge in [-0.2, -0.15) is 0 Å². The largest absolute Gasteiger partial charge is 0.479 e. The van der Waals surface area contributed by atoms with Gasteiger partial charge in [0.15, 0.2) is 5.82 Å². The van der Waals surface area contributed by atoms with Gasteiger partial charge in [-0.3, -0.25) is 0 Å². The van der Waals surface area contributed by atoms with E-state index in [2.05, 4.69) is 31.0 Å². The van der Waals surface area contributed by atoms with Crippen LogP contribution in [0.25, 0.3) is 11.1 Å². The first-order chi connectivity index (χ1) is 8.61. The number of aromatic nitrogens is 1. The van der Waals surface area contributed by atoms with E-state index < -0.39 is 5.82 Å². The van der Waals surface area contributed by atoms with Crippen LogP contribution in [-0.2, 0) is 0 Å². The van der Waals surface area contributed by atoms with Crippen molar-refractivity contribution in [3.63, 3.8) is 0 Å². The number of rotatable bonds is 3. The predicted octanol–water partition coefficient (Wildman–Crippen LogP) is 4.02. The fraction of sp³-hybridized carbons (Fsp3) is 0.267. The number of methoxy groups -OCH3 is 1. The summed E-state index contributed by atoms with van der Waals surface area (Å²) >= 11 is 0. The predicted molar refractivity (Wildman–Crippen MR) is 70.3 cm³/mol. The molecule has 0 saturated carbocycles. The van der Waals surface area contributed by atoms with E-state index in [0.29, 0.717) is 5.92 Å². The summed E-state index contributed by atoms with van der Waals surface area (Å²) in [6.07, 6.45) is 1.63. The van der Waals surface area contributed by atoms with E-state index in [1.807, 2.05) is 12.1 Å². The molecule has 2 aromatic rings. The van der Waals surface area contributed by atoms with Crippen LogP contribution in [0.4, 0.5) is 4.39 Å². The maximum absolute atomic E-state index is 13.6. The summed E-state index contributed by atoms with van der Waals surface area (Å²) in [4.78, 5) is 3.95. The van der Waals surface area contributed by atoms with Crippen LogP contribution in [0.1, 0.15) is 25.3 Å². The van der Waals surface area contributed by atoms with E-state index in [1.54, 1.807) is 6.20 Å². The lowest BCUT2D eigenvalue weighted by Gasteiger charge is -2.09. The van der Waals surface area contributed by atoms with Crippen molar-refractivity contribution < 1.29 is 9.13 Å². The second kappa shape index (κ2) is 5.17. The van der Waals surface area contributed by atoms with Crippen molar-refractivity contribution in [1.82, 2.24) is 4.98 Å². The number of hydrogen-bond donors (Lipinski definition) is 0. The van der Waals surface area contributed by atoms with Gasteiger partial charge in [-0.25, -0.2) is 9.37 Å². The van der Waals surface area contributed by atoms with Gasteiger partial charge in [-0.05, 0) is 23.1 Å². The lowest BCUT2D eigenvalue weighted by atomic mass is 9.98. The van der Waals surface area contributed by atoms with Gasteiger partial charge in [-0.1, -0.05) is 38.1 Å². The van der Waals surface area contributed by atoms with Crippen molar-refractivity contribution in [2.75, 3.05) is 7.11 Å². The van der Waals surface area contributed by atoms with Crippen molar-refractivity contribution >= 4 is 0 Å². The molecule has 0 aliphatic carbocycles. The summed E-state index contributed by atoms with van der Waals surface area (Å²) in [5, 5.41) is 0. The Morgan fingerprint density at radius 1 is 1.17 bits per heavy atom. The number of benzene rings is 1. The highest BCUT2D eigenvalue weighted by atomic mass is 19.1. The zero-order valence-corrected chi connectivity index (χ0v) is 10.8. The molecule has 0 saturated heterocycles. The maximum Gasteiger partial charge on any atom is 0.250 e. The van der Waals surface area contributed by atoms with Gasteiger partial charge in [0.1, 0.15) is 0 Å². The van der Waals surface area contributed by atoms with Crippen LogP contribution in [0.15, 0.2) is 36.5 Å². The van der Waals surface area contributed by atoms with Crippen LogP contribution in [0.2, 0.25) is 0 Å². The second-order valence-electron chi connectivity index (χ2n) is 4.50. The second-order valence-corrected chi connectivity index (χ2v) is 4.50. The number of ether oxygens (including phenoxy) is 1. The Kier molecular flexibility index (Phi) is 3.60. The zero-order chi connectivity index (χ0) is 13.1. The number of hydrogen-bond acceptors (Lipinski definition) is 2. The fourth-order valence-corrected chi connectivity index (χ4v) is 1.81. The molecule has 0 aliphatic rings. The van der Waals surface area contributed by atoms with E-state index in [0.717, 1.165) is 11.1 Å². The highest BCUT2D eigenvalue weighted by Gasteiger charge is 2.08. The minimum atomic E-state index is -0.440. The van der Waals surface area contributed by atoms with E-state index >= 15 is 0 Å². The summed E-state index contributed by atoms with van der Waals surface area (Å²) in [5.74, 6) is 0.0321. The third-order valence-corrected chi connectivity index (χ3v) is 2.89. The Hall–Kier alpha value is -1.90. The maximum atomic E-state index is 13.6. The molecule has 0 bridgehead atoms.